The third kappa shape index (κ3) is 14.8. The average molecular weight is 483 g/mol. The molecule has 34 heavy (non-hydrogen) atoms. The zero-order valence-electron chi connectivity index (χ0n) is 21.4. The highest BCUT2D eigenvalue weighted by atomic mass is 16.8. The van der Waals surface area contributed by atoms with Crippen LogP contribution in [-0.2, 0) is 19.1 Å². The van der Waals surface area contributed by atoms with E-state index in [9.17, 15) is 24.9 Å². The van der Waals surface area contributed by atoms with Gasteiger partial charge in [0.05, 0.1) is 26.1 Å². The third-order valence-electron chi connectivity index (χ3n) is 5.02. The summed E-state index contributed by atoms with van der Waals surface area (Å²) in [6.45, 7) is 11.6. The van der Waals surface area contributed by atoms with Crippen molar-refractivity contribution in [1.82, 2.24) is 0 Å². The van der Waals surface area contributed by atoms with Gasteiger partial charge >= 0.3 is 11.9 Å². The highest BCUT2D eigenvalue weighted by molar-refractivity contribution is 5.83. The molecule has 0 rings (SSSR count). The van der Waals surface area contributed by atoms with E-state index >= 15 is 0 Å². The number of allylic oxidation sites excluding steroid dienone is 6. The van der Waals surface area contributed by atoms with E-state index in [0.29, 0.717) is 0 Å². The van der Waals surface area contributed by atoms with E-state index in [4.69, 9.17) is 14.6 Å². The van der Waals surface area contributed by atoms with E-state index in [-0.39, 0.29) is 13.2 Å². The minimum atomic E-state index is -2.77. The third-order valence-corrected chi connectivity index (χ3v) is 5.02. The molecule has 194 valence electrons. The van der Waals surface area contributed by atoms with E-state index in [1.165, 1.54) is 11.1 Å². The maximum atomic E-state index is 11.6. The molecular formula is C26H42O8. The van der Waals surface area contributed by atoms with Crippen LogP contribution in [0.5, 0.6) is 0 Å². The summed E-state index contributed by atoms with van der Waals surface area (Å²) in [4.78, 5) is 22.7. The van der Waals surface area contributed by atoms with Crippen molar-refractivity contribution in [2.24, 2.45) is 0 Å². The molecule has 0 radical (unpaired) electrons. The summed E-state index contributed by atoms with van der Waals surface area (Å²) in [5, 5.41) is 39.7. The lowest BCUT2D eigenvalue weighted by atomic mass is 9.94. The van der Waals surface area contributed by atoms with Crippen molar-refractivity contribution in [2.45, 2.75) is 91.6 Å². The lowest BCUT2D eigenvalue weighted by Crippen LogP contribution is -2.50. The Morgan fingerprint density at radius 3 is 1.47 bits per heavy atom. The molecule has 0 aliphatic carbocycles. The summed E-state index contributed by atoms with van der Waals surface area (Å²) in [5.41, 5.74) is 1.64. The van der Waals surface area contributed by atoms with Crippen molar-refractivity contribution < 1.29 is 39.5 Å². The average Bonchev–Trinajstić information content (AvgIpc) is 2.66. The van der Waals surface area contributed by atoms with E-state index in [1.807, 2.05) is 41.5 Å². The summed E-state index contributed by atoms with van der Waals surface area (Å²) in [6.07, 6.45) is 8.81. The molecule has 1 atom stereocenters. The van der Waals surface area contributed by atoms with Crippen LogP contribution in [-0.4, -0.2) is 57.2 Å². The first-order valence-electron chi connectivity index (χ1n) is 11.4. The van der Waals surface area contributed by atoms with Crippen LogP contribution in [0.2, 0.25) is 0 Å². The minimum Gasteiger partial charge on any atom is -0.481 e. The van der Waals surface area contributed by atoms with Crippen LogP contribution in [0.15, 0.2) is 46.6 Å². The second kappa shape index (κ2) is 15.6. The highest BCUT2D eigenvalue weighted by Gasteiger charge is 2.47. The standard InChI is InChI=1S/C26H42O8/c1-19(2)9-7-11-21(5)13-15-33-26(32,18-25(31,24(29)30)17-23(27)28)34-16-14-22(6)12-8-10-20(3)4/h9-10,13-14,31-32H,7-8,11-12,15-18H2,1-6H3,(H,27,28)(H,29,30)/b21-13+,22-14+. The van der Waals surface area contributed by atoms with Gasteiger partial charge in [0, 0.05) is 0 Å². The van der Waals surface area contributed by atoms with Crippen LogP contribution in [0, 0.1) is 0 Å². The van der Waals surface area contributed by atoms with Gasteiger partial charge in [0.15, 0.2) is 5.60 Å². The maximum Gasteiger partial charge on any atom is 0.336 e. The number of aliphatic carboxylic acids is 2. The fourth-order valence-electron chi connectivity index (χ4n) is 2.99. The van der Waals surface area contributed by atoms with E-state index in [2.05, 4.69) is 12.2 Å². The summed E-state index contributed by atoms with van der Waals surface area (Å²) in [7, 11) is 0. The van der Waals surface area contributed by atoms with Gasteiger partial charge in [-0.25, -0.2) is 4.79 Å². The fourth-order valence-corrected chi connectivity index (χ4v) is 2.99. The Kier molecular flexibility index (Phi) is 14.6. The molecule has 0 fully saturated rings. The number of carboxylic acid groups (broad SMARTS) is 2. The Labute approximate surface area is 203 Å². The number of ether oxygens (including phenoxy) is 2. The first kappa shape index (κ1) is 31.7. The SMILES string of the molecule is CC(C)=CCC/C(C)=C/COC(O)(CC(O)(CC(=O)O)C(=O)O)OC/C=C(\C)CCC=C(C)C. The van der Waals surface area contributed by atoms with Crippen LogP contribution in [0.4, 0.5) is 0 Å². The van der Waals surface area contributed by atoms with Crippen LogP contribution in [0.3, 0.4) is 0 Å². The molecular weight excluding hydrogens is 440 g/mol. The smallest absolute Gasteiger partial charge is 0.336 e. The largest absolute Gasteiger partial charge is 0.481 e. The number of carbonyl (C=O) groups is 2. The Bertz CT molecular complexity index is 741. The first-order chi connectivity index (χ1) is 15.7. The van der Waals surface area contributed by atoms with Gasteiger partial charge in [0.25, 0.3) is 5.97 Å². The lowest BCUT2D eigenvalue weighted by Gasteiger charge is -2.33. The molecule has 0 aromatic heterocycles. The molecule has 0 saturated carbocycles. The number of aliphatic hydroxyl groups is 2. The van der Waals surface area contributed by atoms with E-state index in [0.717, 1.165) is 36.8 Å². The van der Waals surface area contributed by atoms with E-state index < -0.39 is 36.4 Å². The van der Waals surface area contributed by atoms with Gasteiger partial charge < -0.3 is 29.9 Å². The van der Waals surface area contributed by atoms with Crippen molar-refractivity contribution in [3.8, 4) is 0 Å². The lowest BCUT2D eigenvalue weighted by molar-refractivity contribution is -0.367. The molecule has 1 unspecified atom stereocenters. The quantitative estimate of drug-likeness (QED) is 0.173. The number of hydrogen-bond acceptors (Lipinski definition) is 6. The van der Waals surface area contributed by atoms with Crippen LogP contribution < -0.4 is 0 Å². The second-order valence-electron chi connectivity index (χ2n) is 9.16. The molecule has 8 heteroatoms. The van der Waals surface area contributed by atoms with Crippen molar-refractivity contribution in [3.63, 3.8) is 0 Å². The van der Waals surface area contributed by atoms with Gasteiger partial charge in [-0.2, -0.15) is 0 Å². The monoisotopic (exact) mass is 482 g/mol. The van der Waals surface area contributed by atoms with Gasteiger partial charge in [0.2, 0.25) is 0 Å². The summed E-state index contributed by atoms with van der Waals surface area (Å²) in [5.74, 6) is -5.82. The Morgan fingerprint density at radius 2 is 1.15 bits per heavy atom. The molecule has 0 spiro atoms. The molecule has 4 N–H and O–H groups in total. The Balaban J connectivity index is 5.41. The van der Waals surface area contributed by atoms with Gasteiger partial charge in [-0.3, -0.25) is 4.79 Å². The second-order valence-corrected chi connectivity index (χ2v) is 9.16. The summed E-state index contributed by atoms with van der Waals surface area (Å²) >= 11 is 0. The van der Waals surface area contributed by atoms with Crippen molar-refractivity contribution in [2.75, 3.05) is 13.2 Å². The number of rotatable bonds is 17. The van der Waals surface area contributed by atoms with Gasteiger partial charge in [-0.05, 0) is 67.2 Å². The van der Waals surface area contributed by atoms with Crippen molar-refractivity contribution in [3.05, 3.63) is 46.6 Å². The predicted molar refractivity (Wildman–Crippen MR) is 131 cm³/mol. The first-order valence-corrected chi connectivity index (χ1v) is 11.4. The summed E-state index contributed by atoms with van der Waals surface area (Å²) < 4.78 is 10.9. The molecule has 0 aromatic rings. The normalized spacial score (nSPS) is 15.8. The van der Waals surface area contributed by atoms with Crippen molar-refractivity contribution in [1.29, 1.82) is 0 Å². The van der Waals surface area contributed by atoms with Crippen LogP contribution in [0.25, 0.3) is 0 Å². The molecule has 0 saturated heterocycles. The fraction of sp³-hybridized carbons (Fsp3) is 0.615. The van der Waals surface area contributed by atoms with E-state index in [1.54, 1.807) is 12.2 Å². The highest BCUT2D eigenvalue weighted by Crippen LogP contribution is 2.27. The molecule has 0 heterocycles. The van der Waals surface area contributed by atoms with Crippen molar-refractivity contribution >= 4 is 11.9 Å². The number of hydrogen-bond donors (Lipinski definition) is 4. The molecule has 0 aliphatic heterocycles. The molecule has 0 amide bonds. The predicted octanol–water partition coefficient (Wildman–Crippen LogP) is 4.73. The molecule has 0 aromatic carbocycles. The molecule has 0 bridgehead atoms. The van der Waals surface area contributed by atoms with Gasteiger partial charge in [-0.1, -0.05) is 46.6 Å². The molecule has 8 nitrogen and oxygen atoms in total. The topological polar surface area (TPSA) is 134 Å². The molecule has 0 aliphatic rings. The Hall–Kier alpha value is -2.26. The number of carboxylic acids is 2. The Morgan fingerprint density at radius 1 is 0.735 bits per heavy atom. The minimum absolute atomic E-state index is 0.108. The summed E-state index contributed by atoms with van der Waals surface area (Å²) in [6, 6.07) is 0. The van der Waals surface area contributed by atoms with Gasteiger partial charge in [0.1, 0.15) is 0 Å². The van der Waals surface area contributed by atoms with Crippen LogP contribution in [0.1, 0.15) is 80.1 Å². The van der Waals surface area contributed by atoms with Gasteiger partial charge in [-0.15, -0.1) is 0 Å². The maximum absolute atomic E-state index is 11.6. The zero-order valence-corrected chi connectivity index (χ0v) is 21.4. The van der Waals surface area contributed by atoms with Crippen LogP contribution >= 0.6 is 0 Å². The zero-order chi connectivity index (χ0) is 26.4.